The van der Waals surface area contributed by atoms with E-state index in [1.807, 2.05) is 18.7 Å². The van der Waals surface area contributed by atoms with Crippen molar-refractivity contribution in [2.75, 3.05) is 18.0 Å². The lowest BCUT2D eigenvalue weighted by Gasteiger charge is -2.23. The van der Waals surface area contributed by atoms with Crippen LogP contribution in [-0.4, -0.2) is 22.9 Å². The first kappa shape index (κ1) is 13.9. The van der Waals surface area contributed by atoms with Gasteiger partial charge in [0.05, 0.1) is 5.69 Å². The normalized spacial score (nSPS) is 20.4. The van der Waals surface area contributed by atoms with E-state index in [1.54, 1.807) is 0 Å². The predicted octanol–water partition coefficient (Wildman–Crippen LogP) is 2.86. The van der Waals surface area contributed by atoms with Crippen molar-refractivity contribution in [3.05, 3.63) is 11.3 Å². The fraction of sp³-hybridized carbons (Fsp3) is 0.733. The zero-order valence-corrected chi connectivity index (χ0v) is 12.5. The summed E-state index contributed by atoms with van der Waals surface area (Å²) in [4.78, 5) is 2.35. The van der Waals surface area contributed by atoms with Crippen molar-refractivity contribution in [2.24, 2.45) is 18.9 Å². The maximum absolute atomic E-state index is 9.32. The summed E-state index contributed by atoms with van der Waals surface area (Å²) in [7, 11) is 1.94. The molecule has 0 bridgehead atoms. The van der Waals surface area contributed by atoms with E-state index >= 15 is 0 Å². The molecule has 19 heavy (non-hydrogen) atoms. The smallest absolute Gasteiger partial charge is 0.144 e. The fourth-order valence-corrected chi connectivity index (χ4v) is 3.14. The maximum atomic E-state index is 9.32. The summed E-state index contributed by atoms with van der Waals surface area (Å²) < 4.78 is 1.86. The minimum Gasteiger partial charge on any atom is -0.356 e. The van der Waals surface area contributed by atoms with Crippen LogP contribution in [0.15, 0.2) is 0 Å². The highest BCUT2D eigenvalue weighted by Gasteiger charge is 2.24. The number of hydrogen-bond acceptors (Lipinski definition) is 3. The van der Waals surface area contributed by atoms with Crippen molar-refractivity contribution in [3.63, 3.8) is 0 Å². The molecule has 0 aliphatic carbocycles. The molecule has 0 radical (unpaired) electrons. The minimum atomic E-state index is 0.741. The lowest BCUT2D eigenvalue weighted by Crippen LogP contribution is -2.27. The van der Waals surface area contributed by atoms with Gasteiger partial charge < -0.3 is 4.90 Å². The molecule has 2 rings (SSSR count). The third-order valence-electron chi connectivity index (χ3n) is 4.32. The predicted molar refractivity (Wildman–Crippen MR) is 77.1 cm³/mol. The zero-order chi connectivity index (χ0) is 14.0. The number of hydrogen-bond donors (Lipinski definition) is 0. The van der Waals surface area contributed by atoms with E-state index in [-0.39, 0.29) is 0 Å². The third-order valence-corrected chi connectivity index (χ3v) is 4.32. The van der Waals surface area contributed by atoms with E-state index in [9.17, 15) is 5.26 Å². The molecule has 1 aliphatic heterocycles. The minimum absolute atomic E-state index is 0.741. The first-order chi connectivity index (χ1) is 9.04. The van der Waals surface area contributed by atoms with Crippen LogP contribution >= 0.6 is 0 Å². The van der Waals surface area contributed by atoms with E-state index < -0.39 is 0 Å². The van der Waals surface area contributed by atoms with Gasteiger partial charge in [0, 0.05) is 20.1 Å². The Morgan fingerprint density at radius 3 is 2.68 bits per heavy atom. The molecule has 1 atom stereocenters. The van der Waals surface area contributed by atoms with Crippen LogP contribution in [-0.2, 0) is 7.05 Å². The Bertz CT molecular complexity index is 481. The Morgan fingerprint density at radius 1 is 1.32 bits per heavy atom. The van der Waals surface area contributed by atoms with Gasteiger partial charge >= 0.3 is 0 Å². The molecule has 104 valence electrons. The number of rotatable bonds is 2. The third kappa shape index (κ3) is 2.75. The van der Waals surface area contributed by atoms with Crippen molar-refractivity contribution in [1.29, 1.82) is 5.26 Å². The van der Waals surface area contributed by atoms with E-state index in [2.05, 4.69) is 29.9 Å². The number of aromatic nitrogens is 2. The van der Waals surface area contributed by atoms with Crippen molar-refractivity contribution >= 4 is 5.82 Å². The second-order valence-electron chi connectivity index (χ2n) is 5.94. The van der Waals surface area contributed by atoms with Crippen molar-refractivity contribution < 1.29 is 0 Å². The van der Waals surface area contributed by atoms with E-state index in [0.717, 1.165) is 42.0 Å². The highest BCUT2D eigenvalue weighted by atomic mass is 15.4. The van der Waals surface area contributed by atoms with E-state index in [4.69, 9.17) is 0 Å². The monoisotopic (exact) mass is 260 g/mol. The Balaban J connectivity index is 2.22. The van der Waals surface area contributed by atoms with Gasteiger partial charge in [-0.1, -0.05) is 13.8 Å². The SMILES string of the molecule is Cc1nn(C)c(N2CCCC(C(C)C)CC2)c1C#N. The van der Waals surface area contributed by atoms with Crippen LogP contribution in [0.2, 0.25) is 0 Å². The molecule has 0 spiro atoms. The van der Waals surface area contributed by atoms with Crippen molar-refractivity contribution in [3.8, 4) is 6.07 Å². The topological polar surface area (TPSA) is 44.9 Å². The second-order valence-corrected chi connectivity index (χ2v) is 5.94. The highest BCUT2D eigenvalue weighted by Crippen LogP contribution is 2.29. The van der Waals surface area contributed by atoms with Crippen LogP contribution in [0.5, 0.6) is 0 Å². The Kier molecular flexibility index (Phi) is 4.14. The second kappa shape index (κ2) is 5.64. The first-order valence-electron chi connectivity index (χ1n) is 7.23. The summed E-state index contributed by atoms with van der Waals surface area (Å²) in [5.74, 6) is 2.57. The molecule has 1 aromatic rings. The van der Waals surface area contributed by atoms with Gasteiger partial charge in [-0.05, 0) is 38.0 Å². The zero-order valence-electron chi connectivity index (χ0n) is 12.5. The summed E-state index contributed by atoms with van der Waals surface area (Å²) in [5, 5.41) is 13.7. The number of anilines is 1. The summed E-state index contributed by atoms with van der Waals surface area (Å²) in [6.07, 6.45) is 3.72. The van der Waals surface area contributed by atoms with Crippen LogP contribution in [0.25, 0.3) is 0 Å². The fourth-order valence-electron chi connectivity index (χ4n) is 3.14. The van der Waals surface area contributed by atoms with Gasteiger partial charge in [-0.25, -0.2) is 0 Å². The Hall–Kier alpha value is -1.50. The largest absolute Gasteiger partial charge is 0.356 e. The van der Waals surface area contributed by atoms with Crippen molar-refractivity contribution in [1.82, 2.24) is 9.78 Å². The molecule has 2 heterocycles. The molecule has 0 amide bonds. The molecule has 1 aliphatic rings. The molecule has 1 saturated heterocycles. The molecule has 4 heteroatoms. The molecule has 0 N–H and O–H groups in total. The lowest BCUT2D eigenvalue weighted by atomic mass is 9.89. The van der Waals surface area contributed by atoms with Crippen LogP contribution in [0.4, 0.5) is 5.82 Å². The summed E-state index contributed by atoms with van der Waals surface area (Å²) in [5.41, 5.74) is 1.58. The summed E-state index contributed by atoms with van der Waals surface area (Å²) >= 11 is 0. The molecular weight excluding hydrogens is 236 g/mol. The quantitative estimate of drug-likeness (QED) is 0.821. The maximum Gasteiger partial charge on any atom is 0.144 e. The summed E-state index contributed by atoms with van der Waals surface area (Å²) in [6, 6.07) is 2.31. The average molecular weight is 260 g/mol. The number of nitrogens with zero attached hydrogens (tertiary/aromatic N) is 4. The molecule has 0 aromatic carbocycles. The molecular formula is C15H24N4. The molecule has 4 nitrogen and oxygen atoms in total. The van der Waals surface area contributed by atoms with Gasteiger partial charge in [-0.3, -0.25) is 4.68 Å². The van der Waals surface area contributed by atoms with Crippen molar-refractivity contribution in [2.45, 2.75) is 40.0 Å². The lowest BCUT2D eigenvalue weighted by molar-refractivity contribution is 0.351. The molecule has 1 fully saturated rings. The summed E-state index contributed by atoms with van der Waals surface area (Å²) in [6.45, 7) is 8.62. The van der Waals surface area contributed by atoms with E-state index in [1.165, 1.54) is 19.3 Å². The van der Waals surface area contributed by atoms with Crippen LogP contribution in [0.1, 0.15) is 44.4 Å². The molecule has 0 saturated carbocycles. The number of nitriles is 1. The van der Waals surface area contributed by atoms with Crippen LogP contribution in [0.3, 0.4) is 0 Å². The molecule has 1 aromatic heterocycles. The van der Waals surface area contributed by atoms with Gasteiger partial charge in [0.15, 0.2) is 0 Å². The average Bonchev–Trinajstić information content (AvgIpc) is 2.56. The first-order valence-corrected chi connectivity index (χ1v) is 7.23. The van der Waals surface area contributed by atoms with Gasteiger partial charge in [0.25, 0.3) is 0 Å². The van der Waals surface area contributed by atoms with Gasteiger partial charge in [0.1, 0.15) is 17.5 Å². The van der Waals surface area contributed by atoms with Gasteiger partial charge in [-0.2, -0.15) is 10.4 Å². The Labute approximate surface area is 116 Å². The van der Waals surface area contributed by atoms with Gasteiger partial charge in [-0.15, -0.1) is 0 Å². The van der Waals surface area contributed by atoms with Crippen LogP contribution in [0, 0.1) is 30.1 Å². The number of aryl methyl sites for hydroxylation is 2. The highest BCUT2D eigenvalue weighted by molar-refractivity contribution is 5.57. The van der Waals surface area contributed by atoms with Crippen LogP contribution < -0.4 is 4.90 Å². The molecule has 1 unspecified atom stereocenters. The van der Waals surface area contributed by atoms with Gasteiger partial charge in [0.2, 0.25) is 0 Å². The van der Waals surface area contributed by atoms with E-state index in [0.29, 0.717) is 0 Å². The standard InChI is InChI=1S/C15H24N4/c1-11(2)13-6-5-8-19(9-7-13)15-14(10-16)12(3)17-18(15)4/h11,13H,5-9H2,1-4H3. The Morgan fingerprint density at radius 2 is 2.05 bits per heavy atom.